The van der Waals surface area contributed by atoms with Gasteiger partial charge in [-0.2, -0.15) is 0 Å². The van der Waals surface area contributed by atoms with Crippen LogP contribution in [0.2, 0.25) is 0 Å². The van der Waals surface area contributed by atoms with E-state index >= 15 is 0 Å². The molecular formula is C12H11BrO5. The molecule has 0 fully saturated rings. The summed E-state index contributed by atoms with van der Waals surface area (Å²) in [6, 6.07) is 1.50. The number of Topliss-reactive ketones (excluding diaryl/α,β-unsaturated/α-hetero) is 1. The van der Waals surface area contributed by atoms with E-state index in [1.807, 2.05) is 0 Å². The van der Waals surface area contributed by atoms with Crippen molar-refractivity contribution < 1.29 is 23.8 Å². The van der Waals surface area contributed by atoms with Gasteiger partial charge in [-0.15, -0.1) is 0 Å². The predicted octanol–water partition coefficient (Wildman–Crippen LogP) is 2.23. The van der Waals surface area contributed by atoms with Crippen LogP contribution in [-0.2, 0) is 9.53 Å². The highest BCUT2D eigenvalue weighted by molar-refractivity contribution is 9.10. The average molecular weight is 315 g/mol. The average Bonchev–Trinajstić information content (AvgIpc) is 2.81. The Morgan fingerprint density at radius 3 is 2.83 bits per heavy atom. The molecule has 1 heterocycles. The van der Waals surface area contributed by atoms with Crippen molar-refractivity contribution in [3.8, 4) is 11.5 Å². The third-order valence-corrected chi connectivity index (χ3v) is 3.51. The molecule has 0 aromatic heterocycles. The molecule has 0 unspecified atom stereocenters. The highest BCUT2D eigenvalue weighted by Gasteiger charge is 2.27. The number of hydrogen-bond acceptors (Lipinski definition) is 5. The van der Waals surface area contributed by atoms with Gasteiger partial charge in [0.25, 0.3) is 5.78 Å². The second-order valence-electron chi connectivity index (χ2n) is 3.65. The topological polar surface area (TPSA) is 61.8 Å². The molecule has 96 valence electrons. The Morgan fingerprint density at radius 2 is 2.17 bits per heavy atom. The van der Waals surface area contributed by atoms with Gasteiger partial charge in [0.2, 0.25) is 6.79 Å². The molecule has 0 saturated carbocycles. The van der Waals surface area contributed by atoms with E-state index in [2.05, 4.69) is 15.9 Å². The summed E-state index contributed by atoms with van der Waals surface area (Å²) in [6.07, 6.45) is 0. The lowest BCUT2D eigenvalue weighted by molar-refractivity contribution is -0.137. The van der Waals surface area contributed by atoms with Gasteiger partial charge in [0, 0.05) is 5.56 Å². The minimum absolute atomic E-state index is 0.102. The molecule has 0 bridgehead atoms. The Balaban J connectivity index is 2.43. The molecule has 1 aromatic rings. The summed E-state index contributed by atoms with van der Waals surface area (Å²) < 4.78 is 15.8. The van der Waals surface area contributed by atoms with Crippen molar-refractivity contribution in [2.24, 2.45) is 0 Å². The summed E-state index contributed by atoms with van der Waals surface area (Å²) in [7, 11) is 0. The first-order valence-electron chi connectivity index (χ1n) is 5.36. The van der Waals surface area contributed by atoms with E-state index in [1.54, 1.807) is 13.8 Å². The summed E-state index contributed by atoms with van der Waals surface area (Å²) >= 11 is 3.33. The largest absolute Gasteiger partial charge is 0.460 e. The van der Waals surface area contributed by atoms with E-state index in [-0.39, 0.29) is 19.0 Å². The van der Waals surface area contributed by atoms with Crippen LogP contribution in [-0.4, -0.2) is 25.2 Å². The number of esters is 1. The number of halogens is 1. The van der Waals surface area contributed by atoms with Crippen molar-refractivity contribution in [1.29, 1.82) is 0 Å². The van der Waals surface area contributed by atoms with Crippen LogP contribution in [0.4, 0.5) is 0 Å². The molecule has 0 aliphatic carbocycles. The maximum atomic E-state index is 11.9. The van der Waals surface area contributed by atoms with Crippen LogP contribution in [0.3, 0.4) is 0 Å². The van der Waals surface area contributed by atoms with E-state index in [1.165, 1.54) is 6.07 Å². The zero-order valence-corrected chi connectivity index (χ0v) is 11.5. The van der Waals surface area contributed by atoms with Crippen molar-refractivity contribution in [2.45, 2.75) is 13.8 Å². The Bertz CT molecular complexity index is 524. The molecule has 0 radical (unpaired) electrons. The van der Waals surface area contributed by atoms with Crippen molar-refractivity contribution in [3.05, 3.63) is 21.7 Å². The number of fused-ring (bicyclic) bond motifs is 1. The van der Waals surface area contributed by atoms with Crippen LogP contribution >= 0.6 is 15.9 Å². The Kier molecular flexibility index (Phi) is 3.56. The van der Waals surface area contributed by atoms with Crippen LogP contribution in [0.1, 0.15) is 22.8 Å². The summed E-state index contributed by atoms with van der Waals surface area (Å²) in [5.41, 5.74) is 0.877. The van der Waals surface area contributed by atoms with E-state index in [0.717, 1.165) is 0 Å². The first-order valence-corrected chi connectivity index (χ1v) is 6.15. The van der Waals surface area contributed by atoms with E-state index in [4.69, 9.17) is 14.2 Å². The maximum absolute atomic E-state index is 11.9. The van der Waals surface area contributed by atoms with Gasteiger partial charge in [-0.05, 0) is 41.4 Å². The standard InChI is InChI=1S/C12H11BrO5/c1-3-16-12(15)10(14)7-4-8-11(18-5-17-8)9(13)6(7)2/h4H,3,5H2,1-2H3. The van der Waals surface area contributed by atoms with Crippen LogP contribution in [0.25, 0.3) is 0 Å². The number of rotatable bonds is 3. The number of ether oxygens (including phenoxy) is 3. The van der Waals surface area contributed by atoms with Crippen LogP contribution < -0.4 is 9.47 Å². The fraction of sp³-hybridized carbons (Fsp3) is 0.333. The monoisotopic (exact) mass is 314 g/mol. The number of hydrogen-bond donors (Lipinski definition) is 0. The van der Waals surface area contributed by atoms with Gasteiger partial charge in [-0.25, -0.2) is 4.79 Å². The molecule has 0 amide bonds. The zero-order chi connectivity index (χ0) is 13.3. The number of carbonyl (C=O) groups excluding carboxylic acids is 2. The first kappa shape index (κ1) is 12.9. The molecule has 1 aromatic carbocycles. The molecule has 0 atom stereocenters. The summed E-state index contributed by atoms with van der Waals surface area (Å²) in [4.78, 5) is 23.4. The predicted molar refractivity (Wildman–Crippen MR) is 66.0 cm³/mol. The second-order valence-corrected chi connectivity index (χ2v) is 4.44. The lowest BCUT2D eigenvalue weighted by atomic mass is 10.0. The van der Waals surface area contributed by atoms with Crippen molar-refractivity contribution >= 4 is 27.7 Å². The second kappa shape index (κ2) is 4.97. The molecule has 1 aliphatic heterocycles. The van der Waals surface area contributed by atoms with E-state index in [0.29, 0.717) is 21.5 Å². The Hall–Kier alpha value is -1.56. The lowest BCUT2D eigenvalue weighted by Gasteiger charge is -2.09. The smallest absolute Gasteiger partial charge is 0.379 e. The maximum Gasteiger partial charge on any atom is 0.379 e. The van der Waals surface area contributed by atoms with Crippen LogP contribution in [0, 0.1) is 6.92 Å². The van der Waals surface area contributed by atoms with Gasteiger partial charge in [0.1, 0.15) is 0 Å². The van der Waals surface area contributed by atoms with Crippen LogP contribution in [0.5, 0.6) is 11.5 Å². The minimum atomic E-state index is -0.869. The fourth-order valence-corrected chi connectivity index (χ4v) is 2.16. The molecule has 0 saturated heterocycles. The highest BCUT2D eigenvalue weighted by atomic mass is 79.9. The van der Waals surface area contributed by atoms with Crippen molar-refractivity contribution in [2.75, 3.05) is 13.4 Å². The van der Waals surface area contributed by atoms with Gasteiger partial charge in [0.15, 0.2) is 11.5 Å². The SMILES string of the molecule is CCOC(=O)C(=O)c1cc2c(c(Br)c1C)OCO2. The molecular weight excluding hydrogens is 304 g/mol. The molecule has 0 N–H and O–H groups in total. The number of ketones is 1. The normalized spacial score (nSPS) is 12.4. The molecule has 18 heavy (non-hydrogen) atoms. The molecule has 2 rings (SSSR count). The third kappa shape index (κ3) is 2.08. The van der Waals surface area contributed by atoms with E-state index < -0.39 is 11.8 Å². The summed E-state index contributed by atoms with van der Waals surface area (Å²) in [5.74, 6) is -0.562. The molecule has 5 nitrogen and oxygen atoms in total. The minimum Gasteiger partial charge on any atom is -0.460 e. The van der Waals surface area contributed by atoms with Gasteiger partial charge >= 0.3 is 5.97 Å². The van der Waals surface area contributed by atoms with Crippen LogP contribution in [0.15, 0.2) is 10.5 Å². The van der Waals surface area contributed by atoms with Crippen molar-refractivity contribution in [1.82, 2.24) is 0 Å². The Morgan fingerprint density at radius 1 is 1.44 bits per heavy atom. The quantitative estimate of drug-likeness (QED) is 0.486. The third-order valence-electron chi connectivity index (χ3n) is 2.55. The fourth-order valence-electron chi connectivity index (χ4n) is 1.64. The zero-order valence-electron chi connectivity index (χ0n) is 9.91. The van der Waals surface area contributed by atoms with E-state index in [9.17, 15) is 9.59 Å². The van der Waals surface area contributed by atoms with Gasteiger partial charge < -0.3 is 14.2 Å². The summed E-state index contributed by atoms with van der Waals surface area (Å²) in [6.45, 7) is 3.63. The first-order chi connectivity index (χ1) is 8.56. The molecule has 1 aliphatic rings. The van der Waals surface area contributed by atoms with Gasteiger partial charge in [0.05, 0.1) is 11.1 Å². The van der Waals surface area contributed by atoms with Gasteiger partial charge in [-0.3, -0.25) is 4.79 Å². The van der Waals surface area contributed by atoms with Gasteiger partial charge in [-0.1, -0.05) is 0 Å². The Labute approximate surface area is 112 Å². The number of carbonyl (C=O) groups is 2. The van der Waals surface area contributed by atoms with Crippen molar-refractivity contribution in [3.63, 3.8) is 0 Å². The molecule has 0 spiro atoms. The number of benzene rings is 1. The lowest BCUT2D eigenvalue weighted by Crippen LogP contribution is -2.18. The summed E-state index contributed by atoms with van der Waals surface area (Å²) in [5, 5.41) is 0. The highest BCUT2D eigenvalue weighted by Crippen LogP contribution is 2.42. The molecule has 6 heteroatoms.